The monoisotopic (exact) mass is 228 g/mol. The van der Waals surface area contributed by atoms with Gasteiger partial charge in [-0.15, -0.1) is 0 Å². The number of hydrogen-bond donors (Lipinski definition) is 1. The van der Waals surface area contributed by atoms with E-state index in [-0.39, 0.29) is 0 Å². The van der Waals surface area contributed by atoms with Crippen LogP contribution in [-0.2, 0) is 0 Å². The van der Waals surface area contributed by atoms with Gasteiger partial charge in [0.1, 0.15) is 0 Å². The molecule has 2 fully saturated rings. The first-order valence-corrected chi connectivity index (χ1v) is 7.50. The molecule has 0 bridgehead atoms. The van der Waals surface area contributed by atoms with E-state index in [4.69, 9.17) is 5.73 Å². The van der Waals surface area contributed by atoms with Crippen LogP contribution in [0.2, 0.25) is 0 Å². The van der Waals surface area contributed by atoms with Gasteiger partial charge in [0.2, 0.25) is 0 Å². The van der Waals surface area contributed by atoms with Crippen LogP contribution in [0.1, 0.15) is 38.5 Å². The highest BCUT2D eigenvalue weighted by molar-refractivity contribution is 8.00. The minimum Gasteiger partial charge on any atom is -0.327 e. The molecule has 1 saturated heterocycles. The summed E-state index contributed by atoms with van der Waals surface area (Å²) in [6.07, 6.45) is 10.5. The summed E-state index contributed by atoms with van der Waals surface area (Å²) in [4.78, 5) is 2.61. The summed E-state index contributed by atoms with van der Waals surface area (Å²) in [5.41, 5.74) is 6.04. The zero-order valence-corrected chi connectivity index (χ0v) is 10.7. The Morgan fingerprint density at radius 2 is 2.07 bits per heavy atom. The maximum atomic E-state index is 6.04. The number of hydrogen-bond acceptors (Lipinski definition) is 3. The van der Waals surface area contributed by atoms with E-state index in [2.05, 4.69) is 22.9 Å². The third kappa shape index (κ3) is 2.89. The van der Waals surface area contributed by atoms with Gasteiger partial charge < -0.3 is 10.6 Å². The van der Waals surface area contributed by atoms with Crippen LogP contribution in [0.5, 0.6) is 0 Å². The van der Waals surface area contributed by atoms with Crippen LogP contribution < -0.4 is 5.73 Å². The minimum absolute atomic E-state index is 0.430. The quantitative estimate of drug-likeness (QED) is 0.802. The largest absolute Gasteiger partial charge is 0.327 e. The van der Waals surface area contributed by atoms with Crippen LogP contribution >= 0.6 is 11.8 Å². The Bertz CT molecular complexity index is 202. The standard InChI is InChI=1S/C12H24N2S/c1-15-12(6-2-3-7-12)10-14-8-4-5-11(13)9-14/h11H,2-10,13H2,1H3. The van der Waals surface area contributed by atoms with Gasteiger partial charge in [0.15, 0.2) is 0 Å². The fourth-order valence-electron chi connectivity index (χ4n) is 3.09. The Morgan fingerprint density at radius 1 is 1.33 bits per heavy atom. The smallest absolute Gasteiger partial charge is 0.0284 e. The third-order valence-electron chi connectivity index (χ3n) is 4.00. The third-order valence-corrected chi connectivity index (χ3v) is 5.40. The lowest BCUT2D eigenvalue weighted by Gasteiger charge is -2.38. The summed E-state index contributed by atoms with van der Waals surface area (Å²) >= 11 is 2.09. The number of piperidine rings is 1. The molecule has 0 aromatic heterocycles. The number of thioether (sulfide) groups is 1. The second-order valence-electron chi connectivity index (χ2n) is 5.23. The van der Waals surface area contributed by atoms with Crippen molar-refractivity contribution in [2.24, 2.45) is 5.73 Å². The molecule has 15 heavy (non-hydrogen) atoms. The average molecular weight is 228 g/mol. The maximum Gasteiger partial charge on any atom is 0.0284 e. The summed E-state index contributed by atoms with van der Waals surface area (Å²) in [5.74, 6) is 0. The number of nitrogens with zero attached hydrogens (tertiary/aromatic N) is 1. The van der Waals surface area contributed by atoms with E-state index >= 15 is 0 Å². The van der Waals surface area contributed by atoms with Crippen molar-refractivity contribution in [3.05, 3.63) is 0 Å². The second-order valence-corrected chi connectivity index (χ2v) is 6.51. The van der Waals surface area contributed by atoms with Crippen molar-refractivity contribution in [3.63, 3.8) is 0 Å². The van der Waals surface area contributed by atoms with Crippen molar-refractivity contribution in [3.8, 4) is 0 Å². The summed E-state index contributed by atoms with van der Waals surface area (Å²) in [6, 6.07) is 0.430. The van der Waals surface area contributed by atoms with Crippen LogP contribution in [-0.4, -0.2) is 41.6 Å². The number of nitrogens with two attached hydrogens (primary N) is 1. The van der Waals surface area contributed by atoms with E-state index in [1.165, 1.54) is 51.6 Å². The highest BCUT2D eigenvalue weighted by atomic mass is 32.2. The van der Waals surface area contributed by atoms with Gasteiger partial charge in [0.25, 0.3) is 0 Å². The predicted octanol–water partition coefficient (Wildman–Crippen LogP) is 2.09. The zero-order valence-electron chi connectivity index (χ0n) is 9.87. The van der Waals surface area contributed by atoms with E-state index in [1.54, 1.807) is 0 Å². The molecule has 1 aliphatic carbocycles. The number of rotatable bonds is 3. The van der Waals surface area contributed by atoms with E-state index in [0.717, 1.165) is 6.54 Å². The van der Waals surface area contributed by atoms with Gasteiger partial charge in [-0.2, -0.15) is 11.8 Å². The Labute approximate surface area is 98.0 Å². The van der Waals surface area contributed by atoms with Gasteiger partial charge in [0, 0.05) is 23.9 Å². The van der Waals surface area contributed by atoms with E-state index in [9.17, 15) is 0 Å². The topological polar surface area (TPSA) is 29.3 Å². The molecule has 88 valence electrons. The lowest BCUT2D eigenvalue weighted by atomic mass is 10.0. The molecule has 1 unspecified atom stereocenters. The van der Waals surface area contributed by atoms with Gasteiger partial charge in [-0.05, 0) is 38.5 Å². The first-order valence-electron chi connectivity index (χ1n) is 6.27. The summed E-state index contributed by atoms with van der Waals surface area (Å²) in [5, 5.41) is 0. The van der Waals surface area contributed by atoms with Crippen LogP contribution in [0, 0.1) is 0 Å². The number of likely N-dealkylation sites (tertiary alicyclic amines) is 1. The Kier molecular flexibility index (Phi) is 3.97. The molecule has 1 saturated carbocycles. The summed E-state index contributed by atoms with van der Waals surface area (Å²) in [6.45, 7) is 3.68. The van der Waals surface area contributed by atoms with Crippen LogP contribution in [0.4, 0.5) is 0 Å². The molecule has 2 nitrogen and oxygen atoms in total. The maximum absolute atomic E-state index is 6.04. The minimum atomic E-state index is 0.430. The van der Waals surface area contributed by atoms with Gasteiger partial charge in [-0.25, -0.2) is 0 Å². The molecule has 2 aliphatic rings. The van der Waals surface area contributed by atoms with Crippen LogP contribution in [0.3, 0.4) is 0 Å². The first-order chi connectivity index (χ1) is 7.24. The molecule has 0 radical (unpaired) electrons. The van der Waals surface area contributed by atoms with Crippen molar-refractivity contribution in [1.29, 1.82) is 0 Å². The van der Waals surface area contributed by atoms with E-state index < -0.39 is 0 Å². The molecule has 1 heterocycles. The molecule has 0 aromatic carbocycles. The average Bonchev–Trinajstić information content (AvgIpc) is 2.67. The van der Waals surface area contributed by atoms with Crippen LogP contribution in [0.25, 0.3) is 0 Å². The molecule has 1 aliphatic heterocycles. The normalized spacial score (nSPS) is 32.0. The highest BCUT2D eigenvalue weighted by Gasteiger charge is 2.35. The molecule has 0 spiro atoms. The van der Waals surface area contributed by atoms with Crippen LogP contribution in [0.15, 0.2) is 0 Å². The van der Waals surface area contributed by atoms with Crippen molar-refractivity contribution in [1.82, 2.24) is 4.90 Å². The fourth-order valence-corrected chi connectivity index (χ4v) is 4.10. The van der Waals surface area contributed by atoms with Gasteiger partial charge in [0.05, 0.1) is 0 Å². The van der Waals surface area contributed by atoms with Crippen molar-refractivity contribution >= 4 is 11.8 Å². The van der Waals surface area contributed by atoms with E-state index in [1.807, 2.05) is 0 Å². The Hall–Kier alpha value is 0.270. The second kappa shape index (κ2) is 5.07. The van der Waals surface area contributed by atoms with Gasteiger partial charge in [-0.3, -0.25) is 0 Å². The SMILES string of the molecule is CSC1(CN2CCCC(N)C2)CCCC1. The lowest BCUT2D eigenvalue weighted by molar-refractivity contribution is 0.190. The van der Waals surface area contributed by atoms with Gasteiger partial charge in [-0.1, -0.05) is 12.8 Å². The fraction of sp³-hybridized carbons (Fsp3) is 1.00. The van der Waals surface area contributed by atoms with Gasteiger partial charge >= 0.3 is 0 Å². The lowest BCUT2D eigenvalue weighted by Crippen LogP contribution is -2.48. The molecule has 2 rings (SSSR count). The molecule has 1 atom stereocenters. The summed E-state index contributed by atoms with van der Waals surface area (Å²) < 4.78 is 0.567. The van der Waals surface area contributed by atoms with Crippen molar-refractivity contribution < 1.29 is 0 Å². The molecule has 0 aromatic rings. The summed E-state index contributed by atoms with van der Waals surface area (Å²) in [7, 11) is 0. The predicted molar refractivity (Wildman–Crippen MR) is 68.4 cm³/mol. The zero-order chi connectivity index (χ0) is 10.7. The molecular weight excluding hydrogens is 204 g/mol. The Balaban J connectivity index is 1.88. The van der Waals surface area contributed by atoms with Crippen molar-refractivity contribution in [2.45, 2.75) is 49.3 Å². The Morgan fingerprint density at radius 3 is 2.67 bits per heavy atom. The molecule has 0 amide bonds. The van der Waals surface area contributed by atoms with Crippen molar-refractivity contribution in [2.75, 3.05) is 25.9 Å². The molecule has 2 N–H and O–H groups in total. The first kappa shape index (κ1) is 11.7. The molecule has 3 heteroatoms. The highest BCUT2D eigenvalue weighted by Crippen LogP contribution is 2.41. The van der Waals surface area contributed by atoms with E-state index in [0.29, 0.717) is 10.8 Å². The molecular formula is C12H24N2S.